The van der Waals surface area contributed by atoms with Crippen molar-refractivity contribution in [2.45, 2.75) is 6.92 Å². The molecule has 1 nitrogen and oxygen atoms in total. The molecule has 0 atom stereocenters. The molecule has 0 fully saturated rings. The minimum absolute atomic E-state index is 0. The molecular formula is C2H8MgOTa. The predicted molar refractivity (Wildman–Crippen MR) is 20.7 cm³/mol. The fourth-order valence-corrected chi connectivity index (χ4v) is 0. The van der Waals surface area contributed by atoms with Crippen molar-refractivity contribution in [1.82, 2.24) is 0 Å². The second-order valence-corrected chi connectivity index (χ2v) is 0.316. The van der Waals surface area contributed by atoms with E-state index >= 15 is 0 Å². The quantitative estimate of drug-likeness (QED) is 0.595. The number of aliphatic hydroxyl groups is 1. The van der Waals surface area contributed by atoms with E-state index in [2.05, 4.69) is 0 Å². The van der Waals surface area contributed by atoms with Crippen LogP contribution in [0.4, 0.5) is 0 Å². The maximum Gasteiger partial charge on any atom is 2.00 e. The molecule has 0 spiro atoms. The average Bonchev–Trinajstić information content (AvgIpc) is 0.918. The average molecular weight is 253 g/mol. The zero-order valence-electron chi connectivity index (χ0n) is 5.31. The van der Waals surface area contributed by atoms with E-state index in [9.17, 15) is 0 Å². The zero-order chi connectivity index (χ0) is 2.71. The van der Waals surface area contributed by atoms with E-state index in [0.717, 1.165) is 0 Å². The maximum absolute atomic E-state index is 7.57. The Bertz CT molecular complexity index is 15.7. The van der Waals surface area contributed by atoms with E-state index in [-0.39, 0.29) is 54.9 Å². The van der Waals surface area contributed by atoms with Gasteiger partial charge in [-0.2, -0.15) is 0 Å². The summed E-state index contributed by atoms with van der Waals surface area (Å²) in [6, 6.07) is 0. The molecule has 0 aromatic rings. The van der Waals surface area contributed by atoms with E-state index in [0.29, 0.717) is 0 Å². The van der Waals surface area contributed by atoms with Gasteiger partial charge in [0.05, 0.1) is 0 Å². The molecule has 0 heterocycles. The second kappa shape index (κ2) is 17.9. The summed E-state index contributed by atoms with van der Waals surface area (Å²) >= 11 is 0. The molecule has 0 unspecified atom stereocenters. The maximum atomic E-state index is 7.57. The molecule has 0 aliphatic carbocycles. The van der Waals surface area contributed by atoms with Crippen molar-refractivity contribution in [3.63, 3.8) is 0 Å². The summed E-state index contributed by atoms with van der Waals surface area (Å²) in [7, 11) is 0. The zero-order valence-corrected chi connectivity index (χ0v) is 7.94. The molecular weight excluding hydrogens is 245 g/mol. The van der Waals surface area contributed by atoms with Crippen LogP contribution in [0.25, 0.3) is 0 Å². The summed E-state index contributed by atoms with van der Waals surface area (Å²) in [5.41, 5.74) is 0. The Labute approximate surface area is 66.8 Å². The molecule has 3 heteroatoms. The van der Waals surface area contributed by atoms with Crippen molar-refractivity contribution in [2.24, 2.45) is 0 Å². The molecule has 1 radical (unpaired) electrons. The monoisotopic (exact) mass is 253 g/mol. The smallest absolute Gasteiger partial charge is 1.00 e. The number of aliphatic hydroxyl groups excluding tert-OH is 1. The van der Waals surface area contributed by atoms with Gasteiger partial charge in [-0.15, -0.1) is 0 Å². The standard InChI is InChI=1S/C2H6O.Mg.Ta.2H/c1-2-3;;;;/h3H,2H2,1H3;;;;/q;+2;;2*-1. The minimum atomic E-state index is 0. The molecule has 0 rings (SSSR count). The normalized spacial score (nSPS) is 3.60. The van der Waals surface area contributed by atoms with Gasteiger partial charge < -0.3 is 7.96 Å². The van der Waals surface area contributed by atoms with Gasteiger partial charge in [0.2, 0.25) is 0 Å². The molecule has 1 N–H and O–H groups in total. The third-order valence-electron chi connectivity index (χ3n) is 0. The van der Waals surface area contributed by atoms with Gasteiger partial charge in [0.25, 0.3) is 0 Å². The van der Waals surface area contributed by atoms with Crippen LogP contribution in [0.5, 0.6) is 0 Å². The molecule has 0 aromatic heterocycles. The summed E-state index contributed by atoms with van der Waals surface area (Å²) in [5, 5.41) is 7.57. The Kier molecular flexibility index (Phi) is 57.7. The summed E-state index contributed by atoms with van der Waals surface area (Å²) in [6.07, 6.45) is 0. The third-order valence-corrected chi connectivity index (χ3v) is 0. The van der Waals surface area contributed by atoms with Crippen molar-refractivity contribution >= 4 is 23.1 Å². The summed E-state index contributed by atoms with van der Waals surface area (Å²) in [6.45, 7) is 1.93. The molecule has 0 bridgehead atoms. The molecule has 0 aliphatic rings. The Balaban J connectivity index is -0.00000000333. The molecule has 5 heavy (non-hydrogen) atoms. The predicted octanol–water partition coefficient (Wildman–Crippen LogP) is -0.160. The van der Waals surface area contributed by atoms with Gasteiger partial charge in [0.1, 0.15) is 0 Å². The van der Waals surface area contributed by atoms with E-state index in [1.807, 2.05) is 0 Å². The van der Waals surface area contributed by atoms with Gasteiger partial charge >= 0.3 is 23.1 Å². The first-order valence-corrected chi connectivity index (χ1v) is 1.02. The number of rotatable bonds is 0. The molecule has 0 aliphatic heterocycles. The number of hydrogen-bond donors (Lipinski definition) is 1. The van der Waals surface area contributed by atoms with Crippen molar-refractivity contribution in [3.05, 3.63) is 0 Å². The third kappa shape index (κ3) is 30.5. The first-order valence-electron chi connectivity index (χ1n) is 1.02. The molecule has 0 saturated carbocycles. The van der Waals surface area contributed by atoms with Crippen LogP contribution in [0.3, 0.4) is 0 Å². The van der Waals surface area contributed by atoms with Crippen LogP contribution in [0, 0.1) is 0 Å². The van der Waals surface area contributed by atoms with E-state index in [1.165, 1.54) is 0 Å². The van der Waals surface area contributed by atoms with Gasteiger partial charge in [-0.25, -0.2) is 0 Å². The van der Waals surface area contributed by atoms with Gasteiger partial charge in [0.15, 0.2) is 0 Å². The van der Waals surface area contributed by atoms with Crippen LogP contribution in [0.1, 0.15) is 9.78 Å². The van der Waals surface area contributed by atoms with Gasteiger partial charge in [-0.05, 0) is 6.92 Å². The van der Waals surface area contributed by atoms with Crippen molar-refractivity contribution in [3.8, 4) is 0 Å². The minimum Gasteiger partial charge on any atom is -1.00 e. The summed E-state index contributed by atoms with van der Waals surface area (Å²) in [4.78, 5) is 0. The Morgan fingerprint density at radius 1 is 1.80 bits per heavy atom. The largest absolute Gasteiger partial charge is 2.00 e. The van der Waals surface area contributed by atoms with E-state index in [4.69, 9.17) is 5.11 Å². The van der Waals surface area contributed by atoms with Crippen LogP contribution < -0.4 is 0 Å². The van der Waals surface area contributed by atoms with Gasteiger partial charge in [-0.1, -0.05) is 0 Å². The van der Waals surface area contributed by atoms with E-state index in [1.54, 1.807) is 6.92 Å². The van der Waals surface area contributed by atoms with Crippen LogP contribution in [0.2, 0.25) is 0 Å². The van der Waals surface area contributed by atoms with Crippen molar-refractivity contribution < 1.29 is 30.3 Å². The van der Waals surface area contributed by atoms with Gasteiger partial charge in [0, 0.05) is 29.0 Å². The van der Waals surface area contributed by atoms with Crippen molar-refractivity contribution in [2.75, 3.05) is 6.61 Å². The first kappa shape index (κ1) is 16.1. The molecule has 0 saturated heterocycles. The summed E-state index contributed by atoms with van der Waals surface area (Å²) < 4.78 is 0. The fraction of sp³-hybridized carbons (Fsp3) is 1.00. The molecule has 0 amide bonds. The molecule has 0 aromatic carbocycles. The Morgan fingerprint density at radius 3 is 1.80 bits per heavy atom. The topological polar surface area (TPSA) is 20.2 Å². The Morgan fingerprint density at radius 2 is 1.80 bits per heavy atom. The van der Waals surface area contributed by atoms with Crippen LogP contribution in [0.15, 0.2) is 0 Å². The summed E-state index contributed by atoms with van der Waals surface area (Å²) in [5.74, 6) is 0. The van der Waals surface area contributed by atoms with Gasteiger partial charge in [-0.3, -0.25) is 0 Å². The van der Waals surface area contributed by atoms with Crippen LogP contribution in [-0.2, 0) is 22.4 Å². The van der Waals surface area contributed by atoms with Crippen LogP contribution in [-0.4, -0.2) is 34.8 Å². The van der Waals surface area contributed by atoms with Crippen molar-refractivity contribution in [1.29, 1.82) is 0 Å². The molecule has 29 valence electrons. The first-order chi connectivity index (χ1) is 1.41. The van der Waals surface area contributed by atoms with Crippen LogP contribution >= 0.6 is 0 Å². The number of hydrogen-bond acceptors (Lipinski definition) is 1. The second-order valence-electron chi connectivity index (χ2n) is 0.316. The Hall–Kier alpha value is 1.47. The van der Waals surface area contributed by atoms with E-state index < -0.39 is 0 Å². The fourth-order valence-electron chi connectivity index (χ4n) is 0. The SMILES string of the molecule is CCO.[H-].[H-].[Mg+2].[Ta].